The van der Waals surface area contributed by atoms with E-state index in [4.69, 9.17) is 4.79 Å². The number of halogens is 1. The SMILES string of the molecule is O=C=[N][Rh].[Cl]. The Morgan fingerprint density at radius 2 is 2.00 bits per heavy atom. The van der Waals surface area contributed by atoms with Crippen LogP contribution >= 0.6 is 12.4 Å². The van der Waals surface area contributed by atoms with Crippen LogP contribution in [0.1, 0.15) is 0 Å². The average molecular weight is 180 g/mol. The molecule has 0 rings (SSSR count). The molecule has 0 fully saturated rings. The minimum Gasteiger partial charge on any atom is 0 e. The summed E-state index contributed by atoms with van der Waals surface area (Å²) >= 11 is 2.01. The molecular weight excluding hydrogens is 180 g/mol. The number of hydrogen-bond donors (Lipinski definition) is 0. The van der Waals surface area contributed by atoms with Crippen molar-refractivity contribution in [2.75, 3.05) is 0 Å². The molecule has 0 aromatic carbocycles. The number of carbonyl (C=O) groups excluding carboxylic acids is 1. The van der Waals surface area contributed by atoms with Gasteiger partial charge in [-0.05, 0) is 0 Å². The first-order chi connectivity index (χ1) is 1.91. The van der Waals surface area contributed by atoms with Gasteiger partial charge in [0.2, 0.25) is 0 Å². The van der Waals surface area contributed by atoms with E-state index in [1.807, 2.05) is 18.5 Å². The van der Waals surface area contributed by atoms with Gasteiger partial charge >= 0.3 is 33.2 Å². The molecule has 0 atom stereocenters. The summed E-state index contributed by atoms with van der Waals surface area (Å²) in [7, 11) is 0. The molecule has 0 aromatic heterocycles. The molecule has 0 aliphatic heterocycles. The minimum atomic E-state index is 0. The Hall–Kier alpha value is 0.293. The molecule has 0 aliphatic carbocycles. The van der Waals surface area contributed by atoms with Gasteiger partial charge in [-0.1, -0.05) is 0 Å². The van der Waals surface area contributed by atoms with Crippen LogP contribution in [0.15, 0.2) is 3.74 Å². The Labute approximate surface area is 46.0 Å². The van der Waals surface area contributed by atoms with Gasteiger partial charge in [-0.2, -0.15) is 0 Å². The third-order valence-electron chi connectivity index (χ3n) is 0.0304. The molecule has 0 amide bonds. The fourth-order valence-electron chi connectivity index (χ4n) is 0. The summed E-state index contributed by atoms with van der Waals surface area (Å²) in [5.41, 5.74) is 0. The molecule has 1 radical (unpaired) electrons. The second-order valence-corrected chi connectivity index (χ2v) is 0.532. The van der Waals surface area contributed by atoms with Gasteiger partial charge in [-0.15, -0.1) is 0 Å². The quantitative estimate of drug-likeness (QED) is 0.303. The molecule has 0 spiro atoms. The van der Waals surface area contributed by atoms with Gasteiger partial charge in [0.25, 0.3) is 0 Å². The molecule has 0 saturated carbocycles. The normalized spacial score (nSPS) is 3.60. The Kier molecular flexibility index (Phi) is 15.9. The van der Waals surface area contributed by atoms with Gasteiger partial charge in [0.05, 0.1) is 0 Å². The monoisotopic (exact) mass is 180 g/mol. The van der Waals surface area contributed by atoms with E-state index in [-0.39, 0.29) is 12.4 Å². The molecule has 31 valence electrons. The Bertz CT molecular complexity index is 49.6. The van der Waals surface area contributed by atoms with Crippen LogP contribution in [0.5, 0.6) is 0 Å². The molecule has 4 heteroatoms. The summed E-state index contributed by atoms with van der Waals surface area (Å²) in [4.78, 5) is 8.85. The van der Waals surface area contributed by atoms with Crippen LogP contribution in [0, 0.1) is 0 Å². The third-order valence-corrected chi connectivity index (χ3v) is 0.180. The number of hydrogen-bond acceptors (Lipinski definition) is 2. The van der Waals surface area contributed by atoms with Gasteiger partial charge in [-0.25, -0.2) is 0 Å². The van der Waals surface area contributed by atoms with Crippen molar-refractivity contribution in [3.8, 4) is 0 Å². The molecule has 5 heavy (non-hydrogen) atoms. The van der Waals surface area contributed by atoms with Crippen molar-refractivity contribution in [1.82, 2.24) is 0 Å². The van der Waals surface area contributed by atoms with E-state index < -0.39 is 0 Å². The zero-order chi connectivity index (χ0) is 3.41. The second kappa shape index (κ2) is 8.85. The maximum atomic E-state index is 8.85. The van der Waals surface area contributed by atoms with Gasteiger partial charge in [0.1, 0.15) is 0 Å². The Morgan fingerprint density at radius 3 is 2.00 bits per heavy atom. The van der Waals surface area contributed by atoms with Crippen molar-refractivity contribution in [2.24, 2.45) is 3.74 Å². The van der Waals surface area contributed by atoms with Crippen molar-refractivity contribution in [1.29, 1.82) is 0 Å². The summed E-state index contributed by atoms with van der Waals surface area (Å²) in [6.07, 6.45) is 1.26. The standard InChI is InChI=1S/CNO.Cl.Rh/c2-1-3;;/q-1;;+1. The maximum Gasteiger partial charge on any atom is 0 e. The van der Waals surface area contributed by atoms with E-state index in [1.54, 1.807) is 0 Å². The van der Waals surface area contributed by atoms with Crippen LogP contribution in [-0.2, 0) is 23.3 Å². The van der Waals surface area contributed by atoms with E-state index in [1.165, 1.54) is 6.08 Å². The molecular formula is CClNORh. The fraction of sp³-hybridized carbons (Fsp3) is 0. The minimum absolute atomic E-state index is 0. The van der Waals surface area contributed by atoms with E-state index in [9.17, 15) is 0 Å². The van der Waals surface area contributed by atoms with Gasteiger partial charge in [-0.3, -0.25) is 0 Å². The van der Waals surface area contributed by atoms with E-state index in [2.05, 4.69) is 3.74 Å². The van der Waals surface area contributed by atoms with Crippen LogP contribution in [0.25, 0.3) is 0 Å². The summed E-state index contributed by atoms with van der Waals surface area (Å²) < 4.78 is 2.82. The summed E-state index contributed by atoms with van der Waals surface area (Å²) in [5.74, 6) is 0. The van der Waals surface area contributed by atoms with Crippen LogP contribution in [0.3, 0.4) is 0 Å². The van der Waals surface area contributed by atoms with Crippen molar-refractivity contribution in [3.63, 3.8) is 0 Å². The topological polar surface area (TPSA) is 29.4 Å². The molecule has 0 bridgehead atoms. The molecule has 0 unspecified atom stereocenters. The first-order valence-electron chi connectivity index (χ1n) is 0.577. The Morgan fingerprint density at radius 1 is 1.80 bits per heavy atom. The maximum absolute atomic E-state index is 8.85. The molecule has 2 nitrogen and oxygen atoms in total. The van der Waals surface area contributed by atoms with Gasteiger partial charge < -0.3 is 0 Å². The third kappa shape index (κ3) is 13.5. The zero-order valence-corrected chi connectivity index (χ0v) is 4.46. The van der Waals surface area contributed by atoms with Crippen LogP contribution in [0.2, 0.25) is 0 Å². The average Bonchev–Trinajstić information content (AvgIpc) is 1.37. The van der Waals surface area contributed by atoms with E-state index in [0.29, 0.717) is 0 Å². The molecule has 0 aliphatic rings. The van der Waals surface area contributed by atoms with Crippen LogP contribution in [0.4, 0.5) is 0 Å². The van der Waals surface area contributed by atoms with Crippen LogP contribution in [-0.4, -0.2) is 6.08 Å². The van der Waals surface area contributed by atoms with Gasteiger partial charge in [0, 0.05) is 12.4 Å². The second-order valence-electron chi connectivity index (χ2n) is 0.166. The summed E-state index contributed by atoms with van der Waals surface area (Å²) in [6, 6.07) is 0. The predicted octanol–water partition coefficient (Wildman–Crippen LogP) is 0.474. The largest absolute Gasteiger partial charge is 0 e. The van der Waals surface area contributed by atoms with Crippen molar-refractivity contribution >= 4 is 18.5 Å². The van der Waals surface area contributed by atoms with Crippen molar-refractivity contribution in [3.05, 3.63) is 0 Å². The number of rotatable bonds is 0. The molecule has 0 N–H and O–H groups in total. The molecule has 0 saturated heterocycles. The smallest absolute Gasteiger partial charge is 0 e. The molecule has 0 heterocycles. The van der Waals surface area contributed by atoms with Crippen LogP contribution < -0.4 is 0 Å². The zero-order valence-electron chi connectivity index (χ0n) is 2.07. The first-order valence-corrected chi connectivity index (χ1v) is 1.31. The van der Waals surface area contributed by atoms with E-state index >= 15 is 0 Å². The summed E-state index contributed by atoms with van der Waals surface area (Å²) in [6.45, 7) is 0. The first kappa shape index (κ1) is 9.00. The molecule has 0 aromatic rings. The number of isocyanates is 1. The van der Waals surface area contributed by atoms with Crippen molar-refractivity contribution < 1.29 is 23.3 Å². The number of nitrogens with zero attached hydrogens (tertiary/aromatic N) is 1. The summed E-state index contributed by atoms with van der Waals surface area (Å²) in [5, 5.41) is 0. The van der Waals surface area contributed by atoms with Crippen molar-refractivity contribution in [2.45, 2.75) is 0 Å². The fourth-order valence-corrected chi connectivity index (χ4v) is 0. The predicted molar refractivity (Wildman–Crippen MR) is 14.0 cm³/mol. The Balaban J connectivity index is 0. The van der Waals surface area contributed by atoms with Gasteiger partial charge in [0.15, 0.2) is 0 Å². The van der Waals surface area contributed by atoms with E-state index in [0.717, 1.165) is 0 Å².